The lowest BCUT2D eigenvalue weighted by molar-refractivity contribution is -0.147. The van der Waals surface area contributed by atoms with Crippen LogP contribution in [0.5, 0.6) is 0 Å². The predicted octanol–water partition coefficient (Wildman–Crippen LogP) is 2.96. The number of nitrogens with zero attached hydrogens (tertiary/aromatic N) is 1. The lowest BCUT2D eigenvalue weighted by Gasteiger charge is -2.29. The normalized spacial score (nSPS) is 21.3. The third-order valence-electron chi connectivity index (χ3n) is 5.54. The first-order valence-corrected chi connectivity index (χ1v) is 12.8. The average Bonchev–Trinajstić information content (AvgIpc) is 3.37. The van der Waals surface area contributed by atoms with Crippen LogP contribution in [0.4, 0.5) is 4.79 Å². The maximum Gasteiger partial charge on any atom is 0.507 e. The van der Waals surface area contributed by atoms with Gasteiger partial charge >= 0.3 is 12.1 Å². The number of nitrogens with one attached hydrogen (secondary N) is 1. The summed E-state index contributed by atoms with van der Waals surface area (Å²) in [4.78, 5) is 38.5. The minimum absolute atomic E-state index is 0.233. The van der Waals surface area contributed by atoms with E-state index in [0.717, 1.165) is 17.1 Å². The number of hydrogen-bond acceptors (Lipinski definition) is 8. The van der Waals surface area contributed by atoms with Crippen molar-refractivity contribution in [3.8, 4) is 0 Å². The summed E-state index contributed by atoms with van der Waals surface area (Å²) < 4.78 is 10.0. The Morgan fingerprint density at radius 2 is 1.94 bits per heavy atom. The van der Waals surface area contributed by atoms with Gasteiger partial charge in [-0.2, -0.15) is 0 Å². The monoisotopic (exact) mass is 482 g/mol. The first-order chi connectivity index (χ1) is 15.3. The number of hydrogen-bond donors (Lipinski definition) is 2. The SMILES string of the molecule is CCOC(=O)[C@H](CCc1ccccc1)NC(C)C(=O)N1CC2(C[C@@H]1OC(=O)O)SCCS2. The number of benzene rings is 1. The summed E-state index contributed by atoms with van der Waals surface area (Å²) in [6.45, 7) is 4.10. The molecule has 3 atom stereocenters. The summed E-state index contributed by atoms with van der Waals surface area (Å²) in [7, 11) is 0. The number of ether oxygens (including phenoxy) is 2. The van der Waals surface area contributed by atoms with E-state index in [1.54, 1.807) is 37.4 Å². The highest BCUT2D eigenvalue weighted by atomic mass is 32.2. The molecule has 2 fully saturated rings. The van der Waals surface area contributed by atoms with Crippen LogP contribution in [-0.2, 0) is 25.5 Å². The van der Waals surface area contributed by atoms with E-state index in [1.807, 2.05) is 30.3 Å². The molecule has 0 bridgehead atoms. The van der Waals surface area contributed by atoms with Crippen molar-refractivity contribution >= 4 is 41.6 Å². The molecule has 1 aromatic carbocycles. The molecule has 176 valence electrons. The minimum atomic E-state index is -1.40. The maximum absolute atomic E-state index is 13.3. The fourth-order valence-corrected chi connectivity index (χ4v) is 7.26. The molecule has 8 nitrogen and oxygen atoms in total. The number of esters is 1. The second-order valence-corrected chi connectivity index (χ2v) is 11.0. The van der Waals surface area contributed by atoms with Crippen LogP contribution < -0.4 is 5.32 Å². The van der Waals surface area contributed by atoms with Gasteiger partial charge < -0.3 is 19.5 Å². The van der Waals surface area contributed by atoms with Crippen molar-refractivity contribution in [2.45, 2.75) is 55.5 Å². The van der Waals surface area contributed by atoms with Gasteiger partial charge in [0, 0.05) is 24.5 Å². The summed E-state index contributed by atoms with van der Waals surface area (Å²) in [5.41, 5.74) is 1.09. The average molecular weight is 483 g/mol. The third-order valence-corrected chi connectivity index (χ3v) is 8.96. The molecular weight excluding hydrogens is 452 g/mol. The Bertz CT molecular complexity index is 803. The van der Waals surface area contributed by atoms with Crippen molar-refractivity contribution in [1.29, 1.82) is 0 Å². The highest BCUT2D eigenvalue weighted by molar-refractivity contribution is 8.21. The van der Waals surface area contributed by atoms with Gasteiger partial charge in [-0.05, 0) is 32.3 Å². The zero-order valence-corrected chi connectivity index (χ0v) is 20.0. The van der Waals surface area contributed by atoms with E-state index in [9.17, 15) is 14.4 Å². The first kappa shape index (κ1) is 24.7. The van der Waals surface area contributed by atoms with E-state index in [2.05, 4.69) is 5.32 Å². The molecule has 2 aliphatic rings. The standard InChI is InChI=1S/C22H30N2O6S2/c1-3-29-20(26)17(10-9-16-7-5-4-6-8-16)23-15(2)19(25)24-14-22(31-11-12-32-22)13-18(24)30-21(27)28/h4-8,15,17-18,23H,3,9-14H2,1-2H3,(H,27,28)/t15?,17-,18-/m0/s1. The van der Waals surface area contributed by atoms with Crippen LogP contribution in [0, 0.1) is 0 Å². The molecule has 2 heterocycles. The van der Waals surface area contributed by atoms with E-state index < -0.39 is 30.4 Å². The molecule has 2 aliphatic heterocycles. The van der Waals surface area contributed by atoms with Crippen molar-refractivity contribution in [3.05, 3.63) is 35.9 Å². The number of aryl methyl sites for hydroxylation is 1. The molecule has 0 radical (unpaired) electrons. The van der Waals surface area contributed by atoms with E-state index in [-0.39, 0.29) is 16.6 Å². The molecule has 32 heavy (non-hydrogen) atoms. The van der Waals surface area contributed by atoms with Crippen molar-refractivity contribution < 1.29 is 29.0 Å². The number of carbonyl (C=O) groups is 3. The first-order valence-electron chi connectivity index (χ1n) is 10.8. The Morgan fingerprint density at radius 3 is 2.56 bits per heavy atom. The number of likely N-dealkylation sites (tertiary alicyclic amines) is 1. The van der Waals surface area contributed by atoms with Gasteiger partial charge in [-0.3, -0.25) is 14.9 Å². The summed E-state index contributed by atoms with van der Waals surface area (Å²) in [6.07, 6.45) is -0.630. The second-order valence-electron chi connectivity index (χ2n) is 7.83. The van der Waals surface area contributed by atoms with Crippen molar-refractivity contribution in [2.75, 3.05) is 24.7 Å². The minimum Gasteiger partial charge on any atom is -0.465 e. The molecule has 1 amide bonds. The number of carboxylic acid groups (broad SMARTS) is 1. The second kappa shape index (κ2) is 11.3. The van der Waals surface area contributed by atoms with Crippen LogP contribution in [0.25, 0.3) is 0 Å². The van der Waals surface area contributed by atoms with Crippen molar-refractivity contribution in [1.82, 2.24) is 10.2 Å². The number of amides is 1. The van der Waals surface area contributed by atoms with Gasteiger partial charge in [0.25, 0.3) is 0 Å². The molecule has 2 saturated heterocycles. The zero-order valence-electron chi connectivity index (χ0n) is 18.3. The summed E-state index contributed by atoms with van der Waals surface area (Å²) in [5, 5.41) is 12.3. The van der Waals surface area contributed by atoms with Gasteiger partial charge in [-0.25, -0.2) is 4.79 Å². The maximum atomic E-state index is 13.3. The quantitative estimate of drug-likeness (QED) is 0.514. The smallest absolute Gasteiger partial charge is 0.465 e. The number of thioether (sulfide) groups is 2. The molecule has 3 rings (SSSR count). The Kier molecular flexibility index (Phi) is 8.72. The van der Waals surface area contributed by atoms with E-state index in [0.29, 0.717) is 25.8 Å². The van der Waals surface area contributed by atoms with Gasteiger partial charge in [0.15, 0.2) is 6.23 Å². The van der Waals surface area contributed by atoms with Gasteiger partial charge in [0.05, 0.1) is 16.7 Å². The van der Waals surface area contributed by atoms with Gasteiger partial charge in [0.2, 0.25) is 5.91 Å². The van der Waals surface area contributed by atoms with Crippen LogP contribution in [-0.4, -0.2) is 75.1 Å². The molecule has 1 aromatic rings. The topological polar surface area (TPSA) is 105 Å². The molecule has 10 heteroatoms. The summed E-state index contributed by atoms with van der Waals surface area (Å²) in [6, 6.07) is 8.45. The predicted molar refractivity (Wildman–Crippen MR) is 125 cm³/mol. The lowest BCUT2D eigenvalue weighted by atomic mass is 10.0. The number of rotatable bonds is 9. The Hall–Kier alpha value is -1.91. The molecule has 1 spiro atoms. The van der Waals surface area contributed by atoms with Crippen LogP contribution in [0.15, 0.2) is 30.3 Å². The van der Waals surface area contributed by atoms with Crippen LogP contribution in [0.1, 0.15) is 32.3 Å². The highest BCUT2D eigenvalue weighted by Gasteiger charge is 2.51. The lowest BCUT2D eigenvalue weighted by Crippen LogP contribution is -2.53. The van der Waals surface area contributed by atoms with E-state index in [4.69, 9.17) is 14.6 Å². The fourth-order valence-electron chi connectivity index (χ4n) is 4.04. The van der Waals surface area contributed by atoms with Crippen molar-refractivity contribution in [3.63, 3.8) is 0 Å². The van der Waals surface area contributed by atoms with Crippen LogP contribution in [0.2, 0.25) is 0 Å². The van der Waals surface area contributed by atoms with Crippen molar-refractivity contribution in [2.24, 2.45) is 0 Å². The van der Waals surface area contributed by atoms with Crippen LogP contribution >= 0.6 is 23.5 Å². The highest BCUT2D eigenvalue weighted by Crippen LogP contribution is 2.52. The fraction of sp³-hybridized carbons (Fsp3) is 0.591. The molecule has 0 saturated carbocycles. The number of carbonyl (C=O) groups excluding carboxylic acids is 2. The molecule has 1 unspecified atom stereocenters. The molecule has 2 N–H and O–H groups in total. The van der Waals surface area contributed by atoms with Gasteiger partial charge in [-0.15, -0.1) is 23.5 Å². The van der Waals surface area contributed by atoms with Gasteiger partial charge in [-0.1, -0.05) is 30.3 Å². The van der Waals surface area contributed by atoms with Gasteiger partial charge in [0.1, 0.15) is 6.04 Å². The zero-order chi connectivity index (χ0) is 23.1. The van der Waals surface area contributed by atoms with E-state index >= 15 is 0 Å². The Labute approximate surface area is 196 Å². The summed E-state index contributed by atoms with van der Waals surface area (Å²) >= 11 is 3.50. The molecule has 0 aromatic heterocycles. The Morgan fingerprint density at radius 1 is 1.25 bits per heavy atom. The molecular formula is C22H30N2O6S2. The Balaban J connectivity index is 1.67. The van der Waals surface area contributed by atoms with Crippen LogP contribution in [0.3, 0.4) is 0 Å². The largest absolute Gasteiger partial charge is 0.507 e. The molecule has 0 aliphatic carbocycles. The van der Waals surface area contributed by atoms with E-state index in [1.165, 1.54) is 4.90 Å². The third kappa shape index (κ3) is 6.32. The summed E-state index contributed by atoms with van der Waals surface area (Å²) in [5.74, 6) is 1.24.